The standard InChI is InChI=1S/C16H22OS/c1-13-6-8-15(9-7-13)18-12-16(2)10-4-5-14(11-16)17-3/h4,6-10,14H,5,11-12H2,1-3H3/t14-,16+/m1/s1. The summed E-state index contributed by atoms with van der Waals surface area (Å²) in [4.78, 5) is 1.36. The molecular weight excluding hydrogens is 240 g/mol. The Bertz CT molecular complexity index is 410. The van der Waals surface area contributed by atoms with Crippen LogP contribution >= 0.6 is 11.8 Å². The molecule has 1 aliphatic carbocycles. The van der Waals surface area contributed by atoms with Gasteiger partial charge >= 0.3 is 0 Å². The van der Waals surface area contributed by atoms with Crippen LogP contribution in [-0.2, 0) is 4.74 Å². The van der Waals surface area contributed by atoms with Crippen LogP contribution in [0.3, 0.4) is 0 Å². The number of benzene rings is 1. The molecule has 1 aliphatic rings. The van der Waals surface area contributed by atoms with Crippen LogP contribution in [0.4, 0.5) is 0 Å². The molecule has 2 rings (SSSR count). The van der Waals surface area contributed by atoms with Crippen LogP contribution in [-0.4, -0.2) is 19.0 Å². The lowest BCUT2D eigenvalue weighted by Gasteiger charge is -2.33. The molecule has 0 heterocycles. The molecular formula is C16H22OS. The van der Waals surface area contributed by atoms with Crippen LogP contribution in [0.15, 0.2) is 41.3 Å². The van der Waals surface area contributed by atoms with Gasteiger partial charge in [-0.2, -0.15) is 0 Å². The molecule has 98 valence electrons. The van der Waals surface area contributed by atoms with Crippen molar-refractivity contribution in [2.45, 2.75) is 37.7 Å². The quantitative estimate of drug-likeness (QED) is 0.585. The minimum atomic E-state index is 0.258. The Morgan fingerprint density at radius 3 is 2.72 bits per heavy atom. The van der Waals surface area contributed by atoms with E-state index in [1.165, 1.54) is 10.5 Å². The minimum absolute atomic E-state index is 0.258. The van der Waals surface area contributed by atoms with Crippen molar-refractivity contribution in [3.63, 3.8) is 0 Å². The number of rotatable bonds is 4. The van der Waals surface area contributed by atoms with E-state index in [1.807, 2.05) is 18.9 Å². The second kappa shape index (κ2) is 5.94. The smallest absolute Gasteiger partial charge is 0.0614 e. The van der Waals surface area contributed by atoms with Crippen LogP contribution in [0.5, 0.6) is 0 Å². The van der Waals surface area contributed by atoms with E-state index >= 15 is 0 Å². The van der Waals surface area contributed by atoms with Gasteiger partial charge in [0.05, 0.1) is 6.10 Å². The highest BCUT2D eigenvalue weighted by Gasteiger charge is 2.28. The second-order valence-electron chi connectivity index (χ2n) is 5.46. The first kappa shape index (κ1) is 13.7. The molecule has 1 aromatic rings. The van der Waals surface area contributed by atoms with Gasteiger partial charge in [0.2, 0.25) is 0 Å². The zero-order valence-corrected chi connectivity index (χ0v) is 12.3. The van der Waals surface area contributed by atoms with Crippen LogP contribution in [0.25, 0.3) is 0 Å². The Labute approximate surface area is 115 Å². The maximum absolute atomic E-state index is 5.49. The van der Waals surface area contributed by atoms with E-state index in [-0.39, 0.29) is 5.41 Å². The number of hydrogen-bond acceptors (Lipinski definition) is 2. The van der Waals surface area contributed by atoms with Crippen LogP contribution < -0.4 is 0 Å². The fourth-order valence-electron chi connectivity index (χ4n) is 2.35. The summed E-state index contributed by atoms with van der Waals surface area (Å²) in [6.07, 6.45) is 7.20. The molecule has 0 radical (unpaired) electrons. The molecule has 0 saturated carbocycles. The number of allylic oxidation sites excluding steroid dienone is 1. The van der Waals surface area contributed by atoms with E-state index in [9.17, 15) is 0 Å². The predicted molar refractivity (Wildman–Crippen MR) is 79.2 cm³/mol. The van der Waals surface area contributed by atoms with Crippen molar-refractivity contribution in [2.24, 2.45) is 5.41 Å². The van der Waals surface area contributed by atoms with Crippen molar-refractivity contribution in [2.75, 3.05) is 12.9 Å². The first-order valence-electron chi connectivity index (χ1n) is 6.51. The highest BCUT2D eigenvalue weighted by Crippen LogP contribution is 2.37. The molecule has 0 bridgehead atoms. The number of hydrogen-bond donors (Lipinski definition) is 0. The molecule has 2 heteroatoms. The van der Waals surface area contributed by atoms with Gasteiger partial charge in [-0.25, -0.2) is 0 Å². The average Bonchev–Trinajstić information content (AvgIpc) is 2.38. The molecule has 0 aromatic heterocycles. The summed E-state index contributed by atoms with van der Waals surface area (Å²) in [6.45, 7) is 4.46. The number of methoxy groups -OCH3 is 1. The molecule has 18 heavy (non-hydrogen) atoms. The monoisotopic (exact) mass is 262 g/mol. The fourth-order valence-corrected chi connectivity index (χ4v) is 3.38. The summed E-state index contributed by atoms with van der Waals surface area (Å²) >= 11 is 1.94. The molecule has 0 amide bonds. The molecule has 0 saturated heterocycles. The van der Waals surface area contributed by atoms with E-state index < -0.39 is 0 Å². The maximum Gasteiger partial charge on any atom is 0.0614 e. The topological polar surface area (TPSA) is 9.23 Å². The SMILES string of the molecule is CO[C@@H]1CC=C[C@](C)(CSc2ccc(C)cc2)C1. The van der Waals surface area contributed by atoms with E-state index in [0.717, 1.165) is 18.6 Å². The minimum Gasteiger partial charge on any atom is -0.381 e. The zero-order chi connectivity index (χ0) is 13.0. The third-order valence-corrected chi connectivity index (χ3v) is 4.95. The summed E-state index contributed by atoms with van der Waals surface area (Å²) in [6, 6.07) is 8.78. The van der Waals surface area contributed by atoms with E-state index in [4.69, 9.17) is 4.74 Å². The first-order chi connectivity index (χ1) is 8.61. The van der Waals surface area contributed by atoms with Gasteiger partial charge < -0.3 is 4.74 Å². The number of thioether (sulfide) groups is 1. The molecule has 0 unspecified atom stereocenters. The van der Waals surface area contributed by atoms with Gasteiger partial charge in [-0.1, -0.05) is 36.8 Å². The Morgan fingerprint density at radius 2 is 2.06 bits per heavy atom. The van der Waals surface area contributed by atoms with Gasteiger partial charge in [0, 0.05) is 17.8 Å². The summed E-state index contributed by atoms with van der Waals surface area (Å²) in [5.74, 6) is 1.12. The van der Waals surface area contributed by atoms with Crippen molar-refractivity contribution in [3.05, 3.63) is 42.0 Å². The van der Waals surface area contributed by atoms with Gasteiger partial charge in [-0.15, -0.1) is 11.8 Å². The molecule has 0 spiro atoms. The van der Waals surface area contributed by atoms with Crippen LogP contribution in [0.1, 0.15) is 25.3 Å². The second-order valence-corrected chi connectivity index (χ2v) is 6.50. The zero-order valence-electron chi connectivity index (χ0n) is 11.5. The Hall–Kier alpha value is -0.730. The Morgan fingerprint density at radius 1 is 1.33 bits per heavy atom. The van der Waals surface area contributed by atoms with Crippen molar-refractivity contribution in [1.29, 1.82) is 0 Å². The van der Waals surface area contributed by atoms with Gasteiger partial charge in [0.25, 0.3) is 0 Å². The Kier molecular flexibility index (Phi) is 4.52. The average molecular weight is 262 g/mol. The first-order valence-corrected chi connectivity index (χ1v) is 7.50. The molecule has 1 aromatic carbocycles. The van der Waals surface area contributed by atoms with Gasteiger partial charge in [-0.05, 0) is 37.3 Å². The summed E-state index contributed by atoms with van der Waals surface area (Å²) in [5.41, 5.74) is 1.58. The molecule has 0 fully saturated rings. The lowest BCUT2D eigenvalue weighted by Crippen LogP contribution is -2.28. The van der Waals surface area contributed by atoms with Crippen molar-refractivity contribution in [1.82, 2.24) is 0 Å². The van der Waals surface area contributed by atoms with Gasteiger partial charge in [0.15, 0.2) is 0 Å². The summed E-state index contributed by atoms with van der Waals surface area (Å²) in [5, 5.41) is 0. The summed E-state index contributed by atoms with van der Waals surface area (Å²) < 4.78 is 5.49. The largest absolute Gasteiger partial charge is 0.381 e. The predicted octanol–water partition coefficient (Wildman–Crippen LogP) is 4.46. The highest BCUT2D eigenvalue weighted by atomic mass is 32.2. The van der Waals surface area contributed by atoms with Gasteiger partial charge in [0.1, 0.15) is 0 Å². The molecule has 1 nitrogen and oxygen atoms in total. The van der Waals surface area contributed by atoms with Crippen molar-refractivity contribution < 1.29 is 4.74 Å². The van der Waals surface area contributed by atoms with E-state index in [0.29, 0.717) is 6.10 Å². The molecule has 2 atom stereocenters. The molecule has 0 aliphatic heterocycles. The Balaban J connectivity index is 1.94. The third-order valence-electron chi connectivity index (χ3n) is 3.54. The van der Waals surface area contributed by atoms with Crippen LogP contribution in [0, 0.1) is 12.3 Å². The fraction of sp³-hybridized carbons (Fsp3) is 0.500. The van der Waals surface area contributed by atoms with Gasteiger partial charge in [-0.3, -0.25) is 0 Å². The van der Waals surface area contributed by atoms with E-state index in [2.05, 4.69) is 50.3 Å². The lowest BCUT2D eigenvalue weighted by atomic mass is 9.81. The number of aryl methyl sites for hydroxylation is 1. The number of ether oxygens (including phenoxy) is 1. The van der Waals surface area contributed by atoms with Crippen LogP contribution in [0.2, 0.25) is 0 Å². The lowest BCUT2D eigenvalue weighted by molar-refractivity contribution is 0.0696. The van der Waals surface area contributed by atoms with Crippen molar-refractivity contribution in [3.8, 4) is 0 Å². The normalized spacial score (nSPS) is 27.4. The summed E-state index contributed by atoms with van der Waals surface area (Å²) in [7, 11) is 1.82. The highest BCUT2D eigenvalue weighted by molar-refractivity contribution is 7.99. The van der Waals surface area contributed by atoms with Crippen molar-refractivity contribution >= 4 is 11.8 Å². The third kappa shape index (κ3) is 3.63. The molecule has 0 N–H and O–H groups in total. The van der Waals surface area contributed by atoms with E-state index in [1.54, 1.807) is 0 Å². The maximum atomic E-state index is 5.49.